The summed E-state index contributed by atoms with van der Waals surface area (Å²) in [6.07, 6.45) is 8.92. The Bertz CT molecular complexity index is 269. The standard InChI is InChI=1S/C13H21NO2/c15-12-8-4-5-10(9-12)13(16)14-11-6-2-1-3-7-11/h10-11H,1-9H2,(H,14,16). The SMILES string of the molecule is O=C1CCCC(C(=O)NC2CCCCC2)C1. The average molecular weight is 223 g/mol. The van der Waals surface area contributed by atoms with Gasteiger partial charge in [0.1, 0.15) is 5.78 Å². The number of hydrogen-bond acceptors (Lipinski definition) is 2. The van der Waals surface area contributed by atoms with E-state index in [4.69, 9.17) is 0 Å². The van der Waals surface area contributed by atoms with Gasteiger partial charge in [0.25, 0.3) is 0 Å². The van der Waals surface area contributed by atoms with E-state index in [-0.39, 0.29) is 17.6 Å². The first-order chi connectivity index (χ1) is 7.75. The van der Waals surface area contributed by atoms with E-state index in [9.17, 15) is 9.59 Å². The highest BCUT2D eigenvalue weighted by atomic mass is 16.2. The predicted octanol–water partition coefficient (Wildman–Crippen LogP) is 2.19. The number of rotatable bonds is 2. The maximum Gasteiger partial charge on any atom is 0.223 e. The van der Waals surface area contributed by atoms with Crippen LogP contribution in [0.3, 0.4) is 0 Å². The first-order valence-electron chi connectivity index (χ1n) is 6.58. The van der Waals surface area contributed by atoms with Gasteiger partial charge in [0.05, 0.1) is 0 Å². The van der Waals surface area contributed by atoms with Crippen molar-refractivity contribution in [2.75, 3.05) is 0 Å². The number of hydrogen-bond donors (Lipinski definition) is 1. The molecule has 0 bridgehead atoms. The van der Waals surface area contributed by atoms with Gasteiger partial charge >= 0.3 is 0 Å². The van der Waals surface area contributed by atoms with Gasteiger partial charge in [-0.3, -0.25) is 9.59 Å². The van der Waals surface area contributed by atoms with Gasteiger partial charge in [0, 0.05) is 24.8 Å². The van der Waals surface area contributed by atoms with E-state index in [1.165, 1.54) is 19.3 Å². The molecule has 0 heterocycles. The third-order valence-electron chi connectivity index (χ3n) is 3.80. The number of ketones is 1. The van der Waals surface area contributed by atoms with Gasteiger partial charge in [0.2, 0.25) is 5.91 Å². The molecule has 0 saturated heterocycles. The van der Waals surface area contributed by atoms with E-state index < -0.39 is 0 Å². The van der Waals surface area contributed by atoms with E-state index in [1.807, 2.05) is 0 Å². The van der Waals surface area contributed by atoms with Crippen LogP contribution < -0.4 is 5.32 Å². The molecular weight excluding hydrogens is 202 g/mol. The molecule has 3 heteroatoms. The van der Waals surface area contributed by atoms with Crippen molar-refractivity contribution in [1.29, 1.82) is 0 Å². The molecule has 90 valence electrons. The second-order valence-electron chi connectivity index (χ2n) is 5.18. The Morgan fingerprint density at radius 2 is 1.81 bits per heavy atom. The highest BCUT2D eigenvalue weighted by Crippen LogP contribution is 2.23. The number of Topliss-reactive ketones (excluding diaryl/α,β-unsaturated/α-hetero) is 1. The van der Waals surface area contributed by atoms with E-state index >= 15 is 0 Å². The summed E-state index contributed by atoms with van der Waals surface area (Å²) in [5.74, 6) is 0.346. The molecule has 0 aromatic rings. The van der Waals surface area contributed by atoms with Gasteiger partial charge in [-0.05, 0) is 25.7 Å². The Hall–Kier alpha value is -0.860. The zero-order chi connectivity index (χ0) is 11.4. The molecule has 1 atom stereocenters. The minimum atomic E-state index is -0.0387. The number of amides is 1. The van der Waals surface area contributed by atoms with Crippen molar-refractivity contribution in [3.8, 4) is 0 Å². The molecule has 1 amide bonds. The van der Waals surface area contributed by atoms with Gasteiger partial charge in [-0.2, -0.15) is 0 Å². The lowest BCUT2D eigenvalue weighted by Gasteiger charge is -2.26. The van der Waals surface area contributed by atoms with Crippen molar-refractivity contribution in [3.63, 3.8) is 0 Å². The summed E-state index contributed by atoms with van der Waals surface area (Å²) in [6.45, 7) is 0. The molecule has 0 aliphatic heterocycles. The van der Waals surface area contributed by atoms with Gasteiger partial charge < -0.3 is 5.32 Å². The smallest absolute Gasteiger partial charge is 0.223 e. The quantitative estimate of drug-likeness (QED) is 0.780. The zero-order valence-electron chi connectivity index (χ0n) is 9.84. The molecule has 0 spiro atoms. The Morgan fingerprint density at radius 3 is 2.50 bits per heavy atom. The fraction of sp³-hybridized carbons (Fsp3) is 0.846. The van der Waals surface area contributed by atoms with Gasteiger partial charge in [-0.25, -0.2) is 0 Å². The largest absolute Gasteiger partial charge is 0.353 e. The van der Waals surface area contributed by atoms with Crippen molar-refractivity contribution in [1.82, 2.24) is 5.32 Å². The lowest BCUT2D eigenvalue weighted by molar-refractivity contribution is -0.132. The van der Waals surface area contributed by atoms with E-state index in [1.54, 1.807) is 0 Å². The summed E-state index contributed by atoms with van der Waals surface area (Å²) in [6, 6.07) is 0.373. The summed E-state index contributed by atoms with van der Waals surface area (Å²) in [7, 11) is 0. The predicted molar refractivity (Wildman–Crippen MR) is 62.0 cm³/mol. The molecule has 2 fully saturated rings. The van der Waals surface area contributed by atoms with Crippen molar-refractivity contribution in [2.24, 2.45) is 5.92 Å². The minimum absolute atomic E-state index is 0.0387. The maximum atomic E-state index is 11.9. The molecule has 1 N–H and O–H groups in total. The summed E-state index contributed by atoms with van der Waals surface area (Å²) < 4.78 is 0. The van der Waals surface area contributed by atoms with E-state index in [0.29, 0.717) is 18.9 Å². The number of carbonyl (C=O) groups is 2. The third-order valence-corrected chi connectivity index (χ3v) is 3.80. The van der Waals surface area contributed by atoms with Crippen LogP contribution >= 0.6 is 0 Å². The van der Waals surface area contributed by atoms with Crippen LogP contribution in [0.5, 0.6) is 0 Å². The van der Waals surface area contributed by atoms with Crippen LogP contribution in [-0.4, -0.2) is 17.7 Å². The van der Waals surface area contributed by atoms with Crippen molar-refractivity contribution in [2.45, 2.75) is 63.8 Å². The Balaban J connectivity index is 1.79. The Morgan fingerprint density at radius 1 is 1.06 bits per heavy atom. The molecule has 1 unspecified atom stereocenters. The molecule has 2 saturated carbocycles. The van der Waals surface area contributed by atoms with E-state index in [2.05, 4.69) is 5.32 Å². The molecule has 0 aromatic carbocycles. The van der Waals surface area contributed by atoms with Crippen LogP contribution in [0, 0.1) is 5.92 Å². The molecule has 2 aliphatic rings. The fourth-order valence-electron chi connectivity index (χ4n) is 2.81. The second-order valence-corrected chi connectivity index (χ2v) is 5.18. The lowest BCUT2D eigenvalue weighted by atomic mass is 9.87. The van der Waals surface area contributed by atoms with Crippen LogP contribution in [0.15, 0.2) is 0 Å². The minimum Gasteiger partial charge on any atom is -0.353 e. The van der Waals surface area contributed by atoms with Crippen LogP contribution in [0.25, 0.3) is 0 Å². The van der Waals surface area contributed by atoms with Crippen molar-refractivity contribution < 1.29 is 9.59 Å². The van der Waals surface area contributed by atoms with Crippen LogP contribution in [0.2, 0.25) is 0 Å². The topological polar surface area (TPSA) is 46.2 Å². The number of nitrogens with one attached hydrogen (secondary N) is 1. The van der Waals surface area contributed by atoms with Crippen LogP contribution in [-0.2, 0) is 9.59 Å². The molecular formula is C13H21NO2. The maximum absolute atomic E-state index is 11.9. The molecule has 16 heavy (non-hydrogen) atoms. The summed E-state index contributed by atoms with van der Waals surface area (Å²) in [5.41, 5.74) is 0. The molecule has 3 nitrogen and oxygen atoms in total. The fourth-order valence-corrected chi connectivity index (χ4v) is 2.81. The number of carbonyl (C=O) groups excluding carboxylic acids is 2. The molecule has 0 aromatic heterocycles. The first kappa shape index (κ1) is 11.6. The van der Waals surface area contributed by atoms with Crippen LogP contribution in [0.4, 0.5) is 0 Å². The zero-order valence-corrected chi connectivity index (χ0v) is 9.84. The second kappa shape index (κ2) is 5.46. The van der Waals surface area contributed by atoms with Crippen molar-refractivity contribution in [3.05, 3.63) is 0 Å². The Kier molecular flexibility index (Phi) is 3.97. The summed E-state index contributed by atoms with van der Waals surface area (Å²) in [4.78, 5) is 23.2. The molecule has 2 aliphatic carbocycles. The van der Waals surface area contributed by atoms with Crippen LogP contribution in [0.1, 0.15) is 57.8 Å². The third kappa shape index (κ3) is 3.06. The lowest BCUT2D eigenvalue weighted by Crippen LogP contribution is -2.41. The first-order valence-corrected chi connectivity index (χ1v) is 6.58. The molecule has 2 rings (SSSR count). The highest BCUT2D eigenvalue weighted by Gasteiger charge is 2.27. The van der Waals surface area contributed by atoms with E-state index in [0.717, 1.165) is 25.7 Å². The highest BCUT2D eigenvalue weighted by molar-refractivity contribution is 5.88. The Labute approximate surface area is 97.0 Å². The van der Waals surface area contributed by atoms with Gasteiger partial charge in [-0.15, -0.1) is 0 Å². The normalized spacial score (nSPS) is 27.8. The van der Waals surface area contributed by atoms with Gasteiger partial charge in [-0.1, -0.05) is 19.3 Å². The summed E-state index contributed by atoms with van der Waals surface area (Å²) >= 11 is 0. The van der Waals surface area contributed by atoms with Crippen molar-refractivity contribution >= 4 is 11.7 Å². The molecule has 0 radical (unpaired) electrons. The monoisotopic (exact) mass is 223 g/mol. The van der Waals surface area contributed by atoms with Gasteiger partial charge in [0.15, 0.2) is 0 Å². The summed E-state index contributed by atoms with van der Waals surface area (Å²) in [5, 5.41) is 3.12. The average Bonchev–Trinajstić information content (AvgIpc) is 2.30.